The number of nitrogens with one attached hydrogen (secondary N) is 1. The van der Waals surface area contributed by atoms with Gasteiger partial charge < -0.3 is 10.2 Å². The summed E-state index contributed by atoms with van der Waals surface area (Å²) in [7, 11) is 2.97. The lowest BCUT2D eigenvalue weighted by molar-refractivity contribution is -0.197. The summed E-state index contributed by atoms with van der Waals surface area (Å²) in [6.07, 6.45) is 4.01. The van der Waals surface area contributed by atoms with E-state index in [9.17, 15) is 19.2 Å². The van der Waals surface area contributed by atoms with Gasteiger partial charge in [-0.2, -0.15) is 0 Å². The Bertz CT molecular complexity index is 443. The monoisotopic (exact) mass is 376 g/mol. The molecule has 0 aliphatic carbocycles. The standard InChI is InChI=1S/C15H24N2O5S2/c1-2-3-4-9-16-12(18)7-10-23-24-11-8-15(21)22-17-13(19)5-6-14(17)20/h2-11H2,1H3,(H,16,18). The zero-order chi connectivity index (χ0) is 17.8. The Labute approximate surface area is 150 Å². The van der Waals surface area contributed by atoms with E-state index in [0.717, 1.165) is 25.8 Å². The number of carbonyl (C=O) groups is 4. The molecule has 1 rings (SSSR count). The molecular formula is C15H24N2O5S2. The van der Waals surface area contributed by atoms with E-state index in [4.69, 9.17) is 4.84 Å². The highest BCUT2D eigenvalue weighted by Gasteiger charge is 2.32. The molecule has 0 bridgehead atoms. The molecule has 7 nitrogen and oxygen atoms in total. The maximum absolute atomic E-state index is 11.5. The maximum atomic E-state index is 11.5. The van der Waals surface area contributed by atoms with Crippen molar-refractivity contribution >= 4 is 45.3 Å². The average Bonchev–Trinajstić information content (AvgIpc) is 2.86. The molecule has 3 amide bonds. The van der Waals surface area contributed by atoms with E-state index in [0.29, 0.717) is 23.0 Å². The third kappa shape index (κ3) is 8.58. The highest BCUT2D eigenvalue weighted by molar-refractivity contribution is 8.76. The van der Waals surface area contributed by atoms with Crippen molar-refractivity contribution in [3.63, 3.8) is 0 Å². The molecule has 0 unspecified atom stereocenters. The summed E-state index contributed by atoms with van der Waals surface area (Å²) in [6.45, 7) is 2.84. The summed E-state index contributed by atoms with van der Waals surface area (Å²) in [5, 5.41) is 3.43. The maximum Gasteiger partial charge on any atom is 0.334 e. The Morgan fingerprint density at radius 2 is 1.71 bits per heavy atom. The fourth-order valence-corrected chi connectivity index (χ4v) is 3.84. The molecule has 1 saturated heterocycles. The number of amides is 3. The van der Waals surface area contributed by atoms with Crippen molar-refractivity contribution in [2.24, 2.45) is 0 Å². The number of imide groups is 1. The van der Waals surface area contributed by atoms with Crippen LogP contribution in [0.15, 0.2) is 0 Å². The van der Waals surface area contributed by atoms with Crippen molar-refractivity contribution < 1.29 is 24.0 Å². The first-order chi connectivity index (χ1) is 11.5. The molecule has 0 spiro atoms. The summed E-state index contributed by atoms with van der Waals surface area (Å²) in [5.74, 6) is -0.328. The van der Waals surface area contributed by atoms with E-state index in [1.165, 1.54) is 21.6 Å². The van der Waals surface area contributed by atoms with Gasteiger partial charge in [-0.15, -0.1) is 5.06 Å². The second-order valence-electron chi connectivity index (χ2n) is 5.25. The van der Waals surface area contributed by atoms with Crippen LogP contribution in [0, 0.1) is 0 Å². The molecule has 1 N–H and O–H groups in total. The number of hydroxylamine groups is 2. The quantitative estimate of drug-likeness (QED) is 0.316. The highest BCUT2D eigenvalue weighted by atomic mass is 33.1. The molecule has 0 aromatic rings. The minimum Gasteiger partial charge on any atom is -0.356 e. The molecule has 9 heteroatoms. The first kappa shape index (κ1) is 20.8. The first-order valence-electron chi connectivity index (χ1n) is 8.12. The molecule has 136 valence electrons. The SMILES string of the molecule is CCCCCNC(=O)CCSSCCC(=O)ON1C(=O)CCC1=O. The van der Waals surface area contributed by atoms with Gasteiger partial charge in [-0.1, -0.05) is 41.4 Å². The molecule has 1 fully saturated rings. The van der Waals surface area contributed by atoms with Gasteiger partial charge in [0.2, 0.25) is 5.91 Å². The van der Waals surface area contributed by atoms with Crippen molar-refractivity contribution in [3.05, 3.63) is 0 Å². The minimum atomic E-state index is -0.597. The molecule has 0 aromatic carbocycles. The van der Waals surface area contributed by atoms with Gasteiger partial charge in [-0.3, -0.25) is 14.4 Å². The van der Waals surface area contributed by atoms with Crippen molar-refractivity contribution in [2.75, 3.05) is 18.1 Å². The largest absolute Gasteiger partial charge is 0.356 e. The molecular weight excluding hydrogens is 352 g/mol. The van der Waals surface area contributed by atoms with Crippen LogP contribution in [0.1, 0.15) is 51.9 Å². The predicted molar refractivity (Wildman–Crippen MR) is 93.9 cm³/mol. The average molecular weight is 377 g/mol. The van der Waals surface area contributed by atoms with Crippen LogP contribution in [0.2, 0.25) is 0 Å². The number of unbranched alkanes of at least 4 members (excludes halogenated alkanes) is 2. The van der Waals surface area contributed by atoms with Crippen molar-refractivity contribution in [1.29, 1.82) is 0 Å². The molecule has 0 saturated carbocycles. The topological polar surface area (TPSA) is 92.8 Å². The summed E-state index contributed by atoms with van der Waals surface area (Å²) in [5.41, 5.74) is 0. The van der Waals surface area contributed by atoms with Gasteiger partial charge in [0, 0.05) is 37.3 Å². The third-order valence-corrected chi connectivity index (χ3v) is 5.59. The van der Waals surface area contributed by atoms with Gasteiger partial charge in [0.25, 0.3) is 11.8 Å². The van der Waals surface area contributed by atoms with Crippen molar-refractivity contribution in [3.8, 4) is 0 Å². The van der Waals surface area contributed by atoms with Crippen LogP contribution in [-0.2, 0) is 24.0 Å². The van der Waals surface area contributed by atoms with E-state index in [2.05, 4.69) is 12.2 Å². The zero-order valence-corrected chi connectivity index (χ0v) is 15.5. The Morgan fingerprint density at radius 1 is 1.08 bits per heavy atom. The van der Waals surface area contributed by atoms with Crippen molar-refractivity contribution in [2.45, 2.75) is 51.9 Å². The zero-order valence-electron chi connectivity index (χ0n) is 13.9. The molecule has 1 heterocycles. The van der Waals surface area contributed by atoms with E-state index < -0.39 is 17.8 Å². The number of hydrogen-bond donors (Lipinski definition) is 1. The van der Waals surface area contributed by atoms with Gasteiger partial charge >= 0.3 is 5.97 Å². The number of hydrogen-bond acceptors (Lipinski definition) is 7. The number of rotatable bonds is 12. The van der Waals surface area contributed by atoms with Crippen LogP contribution >= 0.6 is 21.6 Å². The lowest BCUT2D eigenvalue weighted by Crippen LogP contribution is -2.32. The van der Waals surface area contributed by atoms with Crippen molar-refractivity contribution in [1.82, 2.24) is 10.4 Å². The second kappa shape index (κ2) is 12.2. The summed E-state index contributed by atoms with van der Waals surface area (Å²) < 4.78 is 0. The molecule has 0 aromatic heterocycles. The van der Waals surface area contributed by atoms with Gasteiger partial charge in [0.05, 0.1) is 6.42 Å². The van der Waals surface area contributed by atoms with E-state index in [1.807, 2.05) is 0 Å². The summed E-state index contributed by atoms with van der Waals surface area (Å²) in [6, 6.07) is 0. The van der Waals surface area contributed by atoms with Gasteiger partial charge in [0.1, 0.15) is 0 Å². The normalized spacial score (nSPS) is 14.1. The highest BCUT2D eigenvalue weighted by Crippen LogP contribution is 2.23. The van der Waals surface area contributed by atoms with Crippen LogP contribution in [-0.4, -0.2) is 46.8 Å². The lowest BCUT2D eigenvalue weighted by Gasteiger charge is -2.12. The van der Waals surface area contributed by atoms with Gasteiger partial charge in [-0.25, -0.2) is 4.79 Å². The van der Waals surface area contributed by atoms with Gasteiger partial charge in [0.15, 0.2) is 0 Å². The summed E-state index contributed by atoms with van der Waals surface area (Å²) >= 11 is 0. The second-order valence-corrected chi connectivity index (χ2v) is 7.95. The Balaban J connectivity index is 1.98. The van der Waals surface area contributed by atoms with Crippen LogP contribution < -0.4 is 5.32 Å². The van der Waals surface area contributed by atoms with E-state index >= 15 is 0 Å². The van der Waals surface area contributed by atoms with E-state index in [1.54, 1.807) is 0 Å². The van der Waals surface area contributed by atoms with Crippen LogP contribution in [0.3, 0.4) is 0 Å². The minimum absolute atomic E-state index is 0.0460. The van der Waals surface area contributed by atoms with Crippen LogP contribution in [0.4, 0.5) is 0 Å². The Kier molecular flexibility index (Phi) is 10.6. The third-order valence-electron chi connectivity index (χ3n) is 3.19. The Morgan fingerprint density at radius 3 is 2.33 bits per heavy atom. The first-order valence-corrected chi connectivity index (χ1v) is 10.6. The number of nitrogens with zero attached hydrogens (tertiary/aromatic N) is 1. The lowest BCUT2D eigenvalue weighted by atomic mass is 10.2. The number of carbonyl (C=O) groups excluding carboxylic acids is 4. The smallest absolute Gasteiger partial charge is 0.334 e. The predicted octanol–water partition coefficient (Wildman–Crippen LogP) is 2.06. The van der Waals surface area contributed by atoms with Crippen LogP contribution in [0.25, 0.3) is 0 Å². The fourth-order valence-electron chi connectivity index (χ4n) is 1.87. The summed E-state index contributed by atoms with van der Waals surface area (Å²) in [4.78, 5) is 50.4. The molecule has 0 radical (unpaired) electrons. The molecule has 1 aliphatic heterocycles. The Hall–Kier alpha value is -1.22. The van der Waals surface area contributed by atoms with E-state index in [-0.39, 0.29) is 25.2 Å². The van der Waals surface area contributed by atoms with Gasteiger partial charge in [-0.05, 0) is 6.42 Å². The van der Waals surface area contributed by atoms with Crippen LogP contribution in [0.5, 0.6) is 0 Å². The molecule has 1 aliphatic rings. The fraction of sp³-hybridized carbons (Fsp3) is 0.733. The molecule has 24 heavy (non-hydrogen) atoms. The molecule has 0 atom stereocenters.